The monoisotopic (exact) mass is 274 g/mol. The Morgan fingerprint density at radius 3 is 2.76 bits per heavy atom. The third kappa shape index (κ3) is 2.13. The minimum Gasteiger partial charge on any atom is -0.194 e. The molecule has 0 saturated carbocycles. The van der Waals surface area contributed by atoms with E-state index in [2.05, 4.69) is 72.3 Å². The van der Waals surface area contributed by atoms with Gasteiger partial charge in [0.05, 0.1) is 5.56 Å². The fourth-order valence-electron chi connectivity index (χ4n) is 3.49. The average Bonchev–Trinajstić information content (AvgIpc) is 3.06. The van der Waals surface area contributed by atoms with E-state index in [9.17, 15) is 0 Å². The van der Waals surface area contributed by atoms with Gasteiger partial charge in [-0.25, -0.2) is 0 Å². The Bertz CT molecular complexity index is 738. The highest BCUT2D eigenvalue weighted by Crippen LogP contribution is 2.43. The fourth-order valence-corrected chi connectivity index (χ4v) is 3.49. The number of hydrogen-bond donors (Lipinski definition) is 0. The van der Waals surface area contributed by atoms with E-state index >= 15 is 0 Å². The zero-order valence-corrected chi connectivity index (χ0v) is 12.4. The number of aromatic nitrogens is 1. The summed E-state index contributed by atoms with van der Waals surface area (Å²) in [6, 6.07) is 15.1. The van der Waals surface area contributed by atoms with E-state index < -0.39 is 0 Å². The van der Waals surface area contributed by atoms with Gasteiger partial charge in [0.15, 0.2) is 12.7 Å². The van der Waals surface area contributed by atoms with Gasteiger partial charge in [-0.1, -0.05) is 43.3 Å². The Labute approximate surface area is 126 Å². The molecule has 0 spiro atoms. The Kier molecular flexibility index (Phi) is 2.99. The molecule has 1 aromatic heterocycles. The molecular formula is C20H20N+. The number of allylic oxidation sites excluding steroid dienone is 3. The zero-order chi connectivity index (χ0) is 14.2. The summed E-state index contributed by atoms with van der Waals surface area (Å²) >= 11 is 0. The first-order valence-corrected chi connectivity index (χ1v) is 7.84. The normalized spacial score (nSPS) is 19.0. The van der Waals surface area contributed by atoms with E-state index in [1.807, 2.05) is 0 Å². The van der Waals surface area contributed by atoms with E-state index in [-0.39, 0.29) is 0 Å². The molecule has 2 aromatic rings. The number of benzene rings is 1. The second kappa shape index (κ2) is 5.00. The fraction of sp³-hybridized carbons (Fsp3) is 0.250. The maximum absolute atomic E-state index is 2.48. The maximum atomic E-state index is 2.48. The predicted molar refractivity (Wildman–Crippen MR) is 86.5 cm³/mol. The summed E-state index contributed by atoms with van der Waals surface area (Å²) in [5, 5.41) is 0. The van der Waals surface area contributed by atoms with Gasteiger partial charge in [-0.05, 0) is 36.0 Å². The molecule has 2 aliphatic carbocycles. The molecule has 1 unspecified atom stereocenters. The van der Waals surface area contributed by atoms with Gasteiger partial charge in [0, 0.05) is 17.7 Å². The zero-order valence-electron chi connectivity index (χ0n) is 12.4. The van der Waals surface area contributed by atoms with Crippen LogP contribution in [0.2, 0.25) is 0 Å². The molecule has 0 radical (unpaired) electrons. The van der Waals surface area contributed by atoms with Gasteiger partial charge in [0.2, 0.25) is 5.69 Å². The molecule has 104 valence electrons. The van der Waals surface area contributed by atoms with Gasteiger partial charge in [-0.3, -0.25) is 0 Å². The lowest BCUT2D eigenvalue weighted by Crippen LogP contribution is -2.37. The van der Waals surface area contributed by atoms with Crippen molar-refractivity contribution in [3.05, 3.63) is 77.1 Å². The van der Waals surface area contributed by atoms with E-state index in [0.717, 1.165) is 12.5 Å². The minimum absolute atomic E-state index is 0.738. The van der Waals surface area contributed by atoms with Gasteiger partial charge in [-0.15, -0.1) is 0 Å². The van der Waals surface area contributed by atoms with Crippen molar-refractivity contribution in [2.45, 2.75) is 26.3 Å². The third-order valence-corrected chi connectivity index (χ3v) is 4.67. The Morgan fingerprint density at radius 2 is 1.95 bits per heavy atom. The molecule has 0 fully saturated rings. The van der Waals surface area contributed by atoms with E-state index in [1.165, 1.54) is 40.8 Å². The molecule has 4 rings (SSSR count). The molecule has 1 heterocycles. The second-order valence-corrected chi connectivity index (χ2v) is 6.04. The molecule has 0 saturated heterocycles. The quantitative estimate of drug-likeness (QED) is 0.737. The van der Waals surface area contributed by atoms with Gasteiger partial charge in [0.1, 0.15) is 0 Å². The van der Waals surface area contributed by atoms with Crippen molar-refractivity contribution >= 4 is 11.6 Å². The molecule has 0 bridgehead atoms. The molecule has 0 aliphatic heterocycles. The lowest BCUT2D eigenvalue weighted by Gasteiger charge is -2.04. The van der Waals surface area contributed by atoms with Crippen LogP contribution in [0.1, 0.15) is 36.6 Å². The second-order valence-electron chi connectivity index (χ2n) is 6.04. The number of pyridine rings is 1. The molecule has 1 aromatic carbocycles. The standard InChI is InChI=1S/C20H20N/c1-2-15-11-17-13-20-18(19(17)12-15)9-6-10-21(20)14-16-7-4-3-5-8-16/h3-10,12-13,15H,2,11,14H2,1H3/q+1. The van der Waals surface area contributed by atoms with Crippen LogP contribution in [0.15, 0.2) is 60.3 Å². The van der Waals surface area contributed by atoms with Crippen molar-refractivity contribution in [3.63, 3.8) is 0 Å². The smallest absolute Gasteiger partial charge is 0.194 e. The number of hydrogen-bond acceptors (Lipinski definition) is 0. The van der Waals surface area contributed by atoms with Crippen LogP contribution in [0.5, 0.6) is 0 Å². The first-order valence-electron chi connectivity index (χ1n) is 7.84. The molecule has 21 heavy (non-hydrogen) atoms. The van der Waals surface area contributed by atoms with Crippen molar-refractivity contribution in [3.8, 4) is 0 Å². The van der Waals surface area contributed by atoms with Crippen LogP contribution < -0.4 is 4.57 Å². The molecule has 1 nitrogen and oxygen atoms in total. The van der Waals surface area contributed by atoms with Crippen molar-refractivity contribution in [2.24, 2.45) is 5.92 Å². The van der Waals surface area contributed by atoms with Gasteiger partial charge < -0.3 is 0 Å². The van der Waals surface area contributed by atoms with E-state index in [0.29, 0.717) is 0 Å². The highest BCUT2D eigenvalue weighted by molar-refractivity contribution is 5.94. The first kappa shape index (κ1) is 12.6. The predicted octanol–water partition coefficient (Wildman–Crippen LogP) is 4.23. The lowest BCUT2D eigenvalue weighted by molar-refractivity contribution is -0.690. The van der Waals surface area contributed by atoms with Gasteiger partial charge in [-0.2, -0.15) is 4.57 Å². The van der Waals surface area contributed by atoms with Crippen LogP contribution >= 0.6 is 0 Å². The van der Waals surface area contributed by atoms with Gasteiger partial charge in [0.25, 0.3) is 0 Å². The topological polar surface area (TPSA) is 3.88 Å². The Balaban J connectivity index is 1.73. The number of rotatable bonds is 3. The van der Waals surface area contributed by atoms with Crippen LogP contribution in [-0.4, -0.2) is 0 Å². The van der Waals surface area contributed by atoms with Gasteiger partial charge >= 0.3 is 0 Å². The van der Waals surface area contributed by atoms with E-state index in [4.69, 9.17) is 0 Å². The first-order chi connectivity index (χ1) is 10.3. The summed E-state index contributed by atoms with van der Waals surface area (Å²) in [5.41, 5.74) is 7.16. The average molecular weight is 274 g/mol. The third-order valence-electron chi connectivity index (χ3n) is 4.67. The molecule has 1 heteroatoms. The maximum Gasteiger partial charge on any atom is 0.213 e. The molecular weight excluding hydrogens is 254 g/mol. The van der Waals surface area contributed by atoms with Crippen molar-refractivity contribution in [2.75, 3.05) is 0 Å². The SMILES string of the molecule is CCC1C=C2C(=Cc3c2ccc[n+]3Cc2ccccc2)C1. The molecule has 0 N–H and O–H groups in total. The Hall–Kier alpha value is -2.15. The van der Waals surface area contributed by atoms with Crippen LogP contribution in [0, 0.1) is 5.92 Å². The van der Waals surface area contributed by atoms with Crippen molar-refractivity contribution in [1.29, 1.82) is 0 Å². The number of nitrogens with zero attached hydrogens (tertiary/aromatic N) is 1. The van der Waals surface area contributed by atoms with E-state index in [1.54, 1.807) is 0 Å². The Morgan fingerprint density at radius 1 is 1.10 bits per heavy atom. The highest BCUT2D eigenvalue weighted by Gasteiger charge is 2.31. The summed E-state index contributed by atoms with van der Waals surface area (Å²) in [6.07, 6.45) is 9.53. The number of fused-ring (bicyclic) bond motifs is 3. The highest BCUT2D eigenvalue weighted by atomic mass is 15.0. The van der Waals surface area contributed by atoms with Crippen molar-refractivity contribution < 1.29 is 4.57 Å². The van der Waals surface area contributed by atoms with Crippen LogP contribution in [-0.2, 0) is 6.54 Å². The summed E-state index contributed by atoms with van der Waals surface area (Å²) in [7, 11) is 0. The van der Waals surface area contributed by atoms with Crippen LogP contribution in [0.4, 0.5) is 0 Å². The summed E-state index contributed by atoms with van der Waals surface area (Å²) in [4.78, 5) is 0. The van der Waals surface area contributed by atoms with Crippen molar-refractivity contribution in [1.82, 2.24) is 0 Å². The lowest BCUT2D eigenvalue weighted by atomic mass is 10.0. The summed E-state index contributed by atoms with van der Waals surface area (Å²) < 4.78 is 2.37. The summed E-state index contributed by atoms with van der Waals surface area (Å²) in [6.45, 7) is 3.23. The largest absolute Gasteiger partial charge is 0.213 e. The molecule has 0 amide bonds. The molecule has 2 aliphatic rings. The molecule has 1 atom stereocenters. The summed E-state index contributed by atoms with van der Waals surface area (Å²) in [5.74, 6) is 0.738. The van der Waals surface area contributed by atoms with Crippen LogP contribution in [0.3, 0.4) is 0 Å². The van der Waals surface area contributed by atoms with Crippen LogP contribution in [0.25, 0.3) is 11.6 Å². The minimum atomic E-state index is 0.738.